The van der Waals surface area contributed by atoms with Crippen LogP contribution in [0.2, 0.25) is 0 Å². The summed E-state index contributed by atoms with van der Waals surface area (Å²) in [4.78, 5) is 0. The second-order valence-electron chi connectivity index (χ2n) is 4.51. The first-order valence-corrected chi connectivity index (χ1v) is 5.80. The molecule has 3 nitrogen and oxygen atoms in total. The summed E-state index contributed by atoms with van der Waals surface area (Å²) in [7, 11) is 0. The van der Waals surface area contributed by atoms with E-state index in [1.165, 1.54) is 6.07 Å². The monoisotopic (exact) mass is 244 g/mol. The lowest BCUT2D eigenvalue weighted by Crippen LogP contribution is -1.99. The van der Waals surface area contributed by atoms with Crippen LogP contribution in [-0.2, 0) is 0 Å². The Balaban J connectivity index is 2.44. The highest BCUT2D eigenvalue weighted by atomic mass is 16.3. The van der Waals surface area contributed by atoms with Crippen LogP contribution in [0.15, 0.2) is 36.4 Å². The number of aromatic hydroxyl groups is 3. The Hall–Kier alpha value is -2.16. The first-order chi connectivity index (χ1) is 8.49. The van der Waals surface area contributed by atoms with Gasteiger partial charge in [-0.25, -0.2) is 0 Å². The van der Waals surface area contributed by atoms with Crippen molar-refractivity contribution in [1.29, 1.82) is 0 Å². The van der Waals surface area contributed by atoms with Gasteiger partial charge in [0.1, 0.15) is 17.2 Å². The molecule has 0 bridgehead atoms. The average Bonchev–Trinajstić information content (AvgIpc) is 2.28. The highest BCUT2D eigenvalue weighted by Gasteiger charge is 2.15. The fourth-order valence-electron chi connectivity index (χ4n) is 2.21. The first-order valence-electron chi connectivity index (χ1n) is 5.80. The molecular formula is C15H16O3. The fraction of sp³-hybridized carbons (Fsp3) is 0.200. The third kappa shape index (κ3) is 2.25. The van der Waals surface area contributed by atoms with Gasteiger partial charge in [-0.2, -0.15) is 0 Å². The van der Waals surface area contributed by atoms with E-state index in [0.29, 0.717) is 0 Å². The molecule has 2 aromatic carbocycles. The molecule has 0 saturated carbocycles. The van der Waals surface area contributed by atoms with Crippen LogP contribution in [0.5, 0.6) is 17.2 Å². The second-order valence-corrected chi connectivity index (χ2v) is 4.51. The van der Waals surface area contributed by atoms with Crippen LogP contribution in [-0.4, -0.2) is 15.3 Å². The molecule has 0 amide bonds. The van der Waals surface area contributed by atoms with Crippen LogP contribution in [0.25, 0.3) is 0 Å². The van der Waals surface area contributed by atoms with Gasteiger partial charge in [-0.15, -0.1) is 0 Å². The van der Waals surface area contributed by atoms with Gasteiger partial charge < -0.3 is 15.3 Å². The lowest BCUT2D eigenvalue weighted by molar-refractivity contribution is 0.444. The molecule has 0 aliphatic rings. The van der Waals surface area contributed by atoms with Crippen LogP contribution >= 0.6 is 0 Å². The summed E-state index contributed by atoms with van der Waals surface area (Å²) >= 11 is 0. The fourth-order valence-corrected chi connectivity index (χ4v) is 2.21. The van der Waals surface area contributed by atoms with E-state index in [1.54, 1.807) is 24.3 Å². The third-order valence-electron chi connectivity index (χ3n) is 3.20. The summed E-state index contributed by atoms with van der Waals surface area (Å²) < 4.78 is 0. The van der Waals surface area contributed by atoms with Crippen LogP contribution in [0.3, 0.4) is 0 Å². The number of rotatable bonds is 2. The van der Waals surface area contributed by atoms with E-state index in [4.69, 9.17) is 0 Å². The van der Waals surface area contributed by atoms with Gasteiger partial charge in [0.2, 0.25) is 0 Å². The van der Waals surface area contributed by atoms with Crippen molar-refractivity contribution in [2.75, 3.05) is 0 Å². The van der Waals surface area contributed by atoms with E-state index >= 15 is 0 Å². The predicted molar refractivity (Wildman–Crippen MR) is 70.1 cm³/mol. The summed E-state index contributed by atoms with van der Waals surface area (Å²) in [5, 5.41) is 28.5. The van der Waals surface area contributed by atoms with Crippen molar-refractivity contribution in [3.63, 3.8) is 0 Å². The Kier molecular flexibility index (Phi) is 3.15. The molecule has 0 fully saturated rings. The molecule has 1 atom stereocenters. The molecule has 2 aromatic rings. The number of hydrogen-bond acceptors (Lipinski definition) is 3. The lowest BCUT2D eigenvalue weighted by atomic mass is 9.89. The maximum Gasteiger partial charge on any atom is 0.123 e. The van der Waals surface area contributed by atoms with Gasteiger partial charge in [-0.1, -0.05) is 19.1 Å². The van der Waals surface area contributed by atoms with Gasteiger partial charge in [-0.3, -0.25) is 0 Å². The van der Waals surface area contributed by atoms with E-state index in [0.717, 1.165) is 16.7 Å². The number of benzene rings is 2. The number of phenols is 3. The maximum absolute atomic E-state index is 9.86. The molecule has 0 heterocycles. The molecule has 3 heteroatoms. The molecule has 94 valence electrons. The Labute approximate surface area is 106 Å². The Morgan fingerprint density at radius 3 is 1.94 bits per heavy atom. The molecule has 2 rings (SSSR count). The summed E-state index contributed by atoms with van der Waals surface area (Å²) in [6.45, 7) is 3.90. The maximum atomic E-state index is 9.86. The Morgan fingerprint density at radius 2 is 1.39 bits per heavy atom. The standard InChI is InChI=1S/C15H16O3/c1-9-7-11(16)3-5-13(9)10(2)14-6-4-12(17)8-15(14)18/h3-8,10,16-18H,1-2H3. The van der Waals surface area contributed by atoms with Crippen molar-refractivity contribution in [2.45, 2.75) is 19.8 Å². The van der Waals surface area contributed by atoms with E-state index in [-0.39, 0.29) is 23.2 Å². The zero-order valence-electron chi connectivity index (χ0n) is 10.4. The predicted octanol–water partition coefficient (Wildman–Crippen LogP) is 3.26. The molecular weight excluding hydrogens is 228 g/mol. The van der Waals surface area contributed by atoms with Crippen molar-refractivity contribution in [1.82, 2.24) is 0 Å². The molecule has 1 unspecified atom stereocenters. The van der Waals surface area contributed by atoms with Crippen LogP contribution in [0.4, 0.5) is 0 Å². The van der Waals surface area contributed by atoms with Gasteiger partial charge in [0, 0.05) is 17.5 Å². The Morgan fingerprint density at radius 1 is 0.833 bits per heavy atom. The second kappa shape index (κ2) is 4.61. The van der Waals surface area contributed by atoms with Gasteiger partial charge in [-0.05, 0) is 36.2 Å². The zero-order chi connectivity index (χ0) is 13.3. The minimum atomic E-state index is -0.00815. The topological polar surface area (TPSA) is 60.7 Å². The van der Waals surface area contributed by atoms with Crippen LogP contribution in [0.1, 0.15) is 29.5 Å². The molecule has 0 saturated heterocycles. The third-order valence-corrected chi connectivity index (χ3v) is 3.20. The molecule has 0 aliphatic carbocycles. The van der Waals surface area contributed by atoms with E-state index in [1.807, 2.05) is 19.9 Å². The van der Waals surface area contributed by atoms with Crippen molar-refractivity contribution >= 4 is 0 Å². The van der Waals surface area contributed by atoms with Crippen molar-refractivity contribution in [2.24, 2.45) is 0 Å². The molecule has 18 heavy (non-hydrogen) atoms. The smallest absolute Gasteiger partial charge is 0.123 e. The Bertz CT molecular complexity index is 524. The largest absolute Gasteiger partial charge is 0.508 e. The molecule has 0 aromatic heterocycles. The van der Waals surface area contributed by atoms with Crippen molar-refractivity contribution < 1.29 is 15.3 Å². The van der Waals surface area contributed by atoms with E-state index in [9.17, 15) is 15.3 Å². The minimum Gasteiger partial charge on any atom is -0.508 e. The summed E-state index contributed by atoms with van der Waals surface area (Å²) in [6.07, 6.45) is 0. The number of hydrogen-bond donors (Lipinski definition) is 3. The summed E-state index contributed by atoms with van der Waals surface area (Å²) in [6, 6.07) is 9.78. The molecule has 0 spiro atoms. The number of aryl methyl sites for hydroxylation is 1. The SMILES string of the molecule is Cc1cc(O)ccc1C(C)c1ccc(O)cc1O. The van der Waals surface area contributed by atoms with Crippen molar-refractivity contribution in [3.05, 3.63) is 53.1 Å². The average molecular weight is 244 g/mol. The normalized spacial score (nSPS) is 12.3. The molecule has 0 aliphatic heterocycles. The van der Waals surface area contributed by atoms with Crippen LogP contribution < -0.4 is 0 Å². The van der Waals surface area contributed by atoms with E-state index < -0.39 is 0 Å². The lowest BCUT2D eigenvalue weighted by Gasteiger charge is -2.16. The van der Waals surface area contributed by atoms with Crippen LogP contribution in [0, 0.1) is 6.92 Å². The van der Waals surface area contributed by atoms with Gasteiger partial charge in [0.05, 0.1) is 0 Å². The quantitative estimate of drug-likeness (QED) is 0.759. The van der Waals surface area contributed by atoms with Gasteiger partial charge in [0.25, 0.3) is 0 Å². The zero-order valence-corrected chi connectivity index (χ0v) is 10.4. The van der Waals surface area contributed by atoms with Crippen molar-refractivity contribution in [3.8, 4) is 17.2 Å². The number of phenolic OH excluding ortho intramolecular Hbond substituents is 3. The van der Waals surface area contributed by atoms with Gasteiger partial charge in [0.15, 0.2) is 0 Å². The highest BCUT2D eigenvalue weighted by Crippen LogP contribution is 2.35. The molecule has 3 N–H and O–H groups in total. The summed E-state index contributed by atoms with van der Waals surface area (Å²) in [5.74, 6) is 0.352. The van der Waals surface area contributed by atoms with E-state index in [2.05, 4.69) is 0 Å². The molecule has 0 radical (unpaired) electrons. The van der Waals surface area contributed by atoms with Gasteiger partial charge >= 0.3 is 0 Å². The first kappa shape index (κ1) is 12.3. The highest BCUT2D eigenvalue weighted by molar-refractivity contribution is 5.47. The minimum absolute atomic E-state index is 0.00815. The summed E-state index contributed by atoms with van der Waals surface area (Å²) in [5.41, 5.74) is 2.75.